The highest BCUT2D eigenvalue weighted by Gasteiger charge is 2.46. The highest BCUT2D eigenvalue weighted by atomic mass is 35.5. The standard InChI is InChI=1S/C29H22ClNO8/c1-35-19-5-3-4-15(11-19)25-24(26(32)22-12-16-10-17(30)13-23(36-2)28(16)39-22)27(33)29(34)31(25)18-6-7-20-21(14-18)38-9-8-37-20/h3-7,10-14,25,33H,8-9H2,1-2H3. The van der Waals surface area contributed by atoms with E-state index in [-0.39, 0.29) is 11.3 Å². The van der Waals surface area contributed by atoms with Gasteiger partial charge in [-0.15, -0.1) is 0 Å². The van der Waals surface area contributed by atoms with E-state index in [1.54, 1.807) is 54.6 Å². The number of carbonyl (C=O) groups excluding carboxylic acids is 2. The fourth-order valence-electron chi connectivity index (χ4n) is 4.89. The number of rotatable bonds is 6. The van der Waals surface area contributed by atoms with Gasteiger partial charge >= 0.3 is 0 Å². The Balaban J connectivity index is 1.50. The maximum atomic E-state index is 14.0. The lowest BCUT2D eigenvalue weighted by Crippen LogP contribution is -2.31. The first-order valence-corrected chi connectivity index (χ1v) is 12.4. The van der Waals surface area contributed by atoms with Crippen LogP contribution in [0.4, 0.5) is 5.69 Å². The predicted molar refractivity (Wildman–Crippen MR) is 142 cm³/mol. The molecule has 2 aliphatic rings. The zero-order valence-electron chi connectivity index (χ0n) is 20.9. The third-order valence-electron chi connectivity index (χ3n) is 6.66. The molecule has 9 nitrogen and oxygen atoms in total. The maximum Gasteiger partial charge on any atom is 0.294 e. The van der Waals surface area contributed by atoms with Crippen LogP contribution in [-0.2, 0) is 4.79 Å². The van der Waals surface area contributed by atoms with Crippen molar-refractivity contribution in [3.05, 3.63) is 88.3 Å². The lowest BCUT2D eigenvalue weighted by molar-refractivity contribution is -0.117. The Morgan fingerprint density at radius 3 is 2.56 bits per heavy atom. The van der Waals surface area contributed by atoms with Gasteiger partial charge in [0.15, 0.2) is 34.4 Å². The van der Waals surface area contributed by atoms with Crippen molar-refractivity contribution in [2.45, 2.75) is 6.04 Å². The zero-order chi connectivity index (χ0) is 27.3. The SMILES string of the molecule is COc1cccc(C2C(C(=O)c3cc4cc(Cl)cc(OC)c4o3)=C(O)C(=O)N2c2ccc3c(c2)OCCO3)c1. The molecule has 0 bridgehead atoms. The highest BCUT2D eigenvalue weighted by Crippen LogP contribution is 2.45. The van der Waals surface area contributed by atoms with E-state index in [1.165, 1.54) is 25.2 Å². The molecule has 0 aliphatic carbocycles. The maximum absolute atomic E-state index is 14.0. The molecule has 198 valence electrons. The molecular weight excluding hydrogens is 526 g/mol. The van der Waals surface area contributed by atoms with Gasteiger partial charge in [0.2, 0.25) is 5.78 Å². The van der Waals surface area contributed by atoms with Crippen molar-refractivity contribution in [3.8, 4) is 23.0 Å². The topological polar surface area (TPSA) is 108 Å². The number of aliphatic hydroxyl groups is 1. The van der Waals surface area contributed by atoms with Gasteiger partial charge in [0.1, 0.15) is 19.0 Å². The van der Waals surface area contributed by atoms with Crippen molar-refractivity contribution in [2.24, 2.45) is 0 Å². The second kappa shape index (κ2) is 9.59. The summed E-state index contributed by atoms with van der Waals surface area (Å²) in [6.07, 6.45) is 0. The van der Waals surface area contributed by atoms with Crippen molar-refractivity contribution < 1.29 is 38.1 Å². The number of halogens is 1. The number of fused-ring (bicyclic) bond motifs is 2. The van der Waals surface area contributed by atoms with Crippen LogP contribution in [0.15, 0.2) is 76.4 Å². The van der Waals surface area contributed by atoms with E-state index in [0.29, 0.717) is 63.5 Å². The van der Waals surface area contributed by atoms with E-state index in [2.05, 4.69) is 0 Å². The summed E-state index contributed by atoms with van der Waals surface area (Å²) >= 11 is 6.19. The summed E-state index contributed by atoms with van der Waals surface area (Å²) in [4.78, 5) is 28.9. The average molecular weight is 548 g/mol. The van der Waals surface area contributed by atoms with Crippen molar-refractivity contribution in [3.63, 3.8) is 0 Å². The van der Waals surface area contributed by atoms with Crippen LogP contribution in [0.1, 0.15) is 22.2 Å². The predicted octanol–water partition coefficient (Wildman–Crippen LogP) is 5.66. The second-order valence-electron chi connectivity index (χ2n) is 8.91. The molecule has 1 atom stereocenters. The Bertz CT molecular complexity index is 1670. The van der Waals surface area contributed by atoms with Gasteiger partial charge in [0.05, 0.1) is 25.8 Å². The van der Waals surface area contributed by atoms with Crippen LogP contribution in [0, 0.1) is 0 Å². The molecule has 39 heavy (non-hydrogen) atoms. The first-order valence-electron chi connectivity index (χ1n) is 12.0. The summed E-state index contributed by atoms with van der Waals surface area (Å²) in [6.45, 7) is 0.770. The number of ether oxygens (including phenoxy) is 4. The van der Waals surface area contributed by atoms with Gasteiger partial charge in [-0.1, -0.05) is 23.7 Å². The highest BCUT2D eigenvalue weighted by molar-refractivity contribution is 6.31. The number of hydrogen-bond acceptors (Lipinski definition) is 8. The second-order valence-corrected chi connectivity index (χ2v) is 9.35. The number of carbonyl (C=O) groups is 2. The van der Waals surface area contributed by atoms with Crippen molar-refractivity contribution in [1.82, 2.24) is 0 Å². The van der Waals surface area contributed by atoms with Crippen LogP contribution in [0.3, 0.4) is 0 Å². The molecule has 0 saturated carbocycles. The third-order valence-corrected chi connectivity index (χ3v) is 6.88. The van der Waals surface area contributed by atoms with Gasteiger partial charge in [-0.05, 0) is 42.0 Å². The Morgan fingerprint density at radius 2 is 1.79 bits per heavy atom. The minimum Gasteiger partial charge on any atom is -0.503 e. The normalized spacial score (nSPS) is 16.6. The van der Waals surface area contributed by atoms with Crippen LogP contribution in [0.25, 0.3) is 11.0 Å². The Kier molecular flexibility index (Phi) is 6.07. The molecular formula is C29H22ClNO8. The number of methoxy groups -OCH3 is 2. The van der Waals surface area contributed by atoms with Crippen LogP contribution >= 0.6 is 11.6 Å². The number of amides is 1. The molecule has 1 aromatic heterocycles. The number of anilines is 1. The molecule has 1 N–H and O–H groups in total. The van der Waals surface area contributed by atoms with Gasteiger partial charge in [-0.2, -0.15) is 0 Å². The molecule has 3 aromatic carbocycles. The fraction of sp³-hybridized carbons (Fsp3) is 0.172. The van der Waals surface area contributed by atoms with Crippen LogP contribution in [0.5, 0.6) is 23.0 Å². The number of ketones is 1. The molecule has 2 aliphatic heterocycles. The third kappa shape index (κ3) is 4.11. The first-order chi connectivity index (χ1) is 18.9. The van der Waals surface area contributed by atoms with Crippen LogP contribution in [0.2, 0.25) is 5.02 Å². The minimum absolute atomic E-state index is 0.0863. The van der Waals surface area contributed by atoms with E-state index < -0.39 is 23.5 Å². The minimum atomic E-state index is -0.999. The Hall–Kier alpha value is -4.63. The number of nitrogens with zero attached hydrogens (tertiary/aromatic N) is 1. The van der Waals surface area contributed by atoms with E-state index >= 15 is 0 Å². The number of Topliss-reactive ketones (excluding diaryl/α,β-unsaturated/α-hetero) is 1. The summed E-state index contributed by atoms with van der Waals surface area (Å²) in [5.41, 5.74) is 1.12. The van der Waals surface area contributed by atoms with Gasteiger partial charge in [0, 0.05) is 28.2 Å². The van der Waals surface area contributed by atoms with E-state index in [1.807, 2.05) is 0 Å². The van der Waals surface area contributed by atoms with Gasteiger partial charge in [-0.25, -0.2) is 0 Å². The fourth-order valence-corrected chi connectivity index (χ4v) is 5.11. The van der Waals surface area contributed by atoms with Crippen LogP contribution < -0.4 is 23.8 Å². The first kappa shape index (κ1) is 24.7. The Morgan fingerprint density at radius 1 is 1.00 bits per heavy atom. The molecule has 1 unspecified atom stereocenters. The van der Waals surface area contributed by atoms with E-state index in [9.17, 15) is 14.7 Å². The molecule has 0 fully saturated rings. The molecule has 0 radical (unpaired) electrons. The summed E-state index contributed by atoms with van der Waals surface area (Å²) in [7, 11) is 2.98. The summed E-state index contributed by atoms with van der Waals surface area (Å²) < 4.78 is 27.9. The van der Waals surface area contributed by atoms with Crippen molar-refractivity contribution in [2.75, 3.05) is 32.3 Å². The Labute approximate surface area is 227 Å². The molecule has 10 heteroatoms. The van der Waals surface area contributed by atoms with Crippen molar-refractivity contribution >= 4 is 39.9 Å². The molecule has 0 spiro atoms. The molecule has 6 rings (SSSR count). The number of hydrogen-bond donors (Lipinski definition) is 1. The van der Waals surface area contributed by atoms with E-state index in [4.69, 9.17) is 35.0 Å². The largest absolute Gasteiger partial charge is 0.503 e. The van der Waals surface area contributed by atoms with Gasteiger partial charge < -0.3 is 28.5 Å². The molecule has 1 amide bonds. The summed E-state index contributed by atoms with van der Waals surface area (Å²) in [5, 5.41) is 12.1. The smallest absolute Gasteiger partial charge is 0.294 e. The molecule has 4 aromatic rings. The number of aliphatic hydroxyl groups excluding tert-OH is 1. The average Bonchev–Trinajstić information content (AvgIpc) is 3.50. The molecule has 0 saturated heterocycles. The van der Waals surface area contributed by atoms with Gasteiger partial charge in [0.25, 0.3) is 5.91 Å². The lowest BCUT2D eigenvalue weighted by Gasteiger charge is -2.28. The number of benzene rings is 3. The van der Waals surface area contributed by atoms with E-state index in [0.717, 1.165) is 0 Å². The summed E-state index contributed by atoms with van der Waals surface area (Å²) in [5.74, 6) is -0.329. The quantitative estimate of drug-likeness (QED) is 0.308. The van der Waals surface area contributed by atoms with Crippen LogP contribution in [-0.4, -0.2) is 44.2 Å². The van der Waals surface area contributed by atoms with Crippen molar-refractivity contribution in [1.29, 1.82) is 0 Å². The molecule has 3 heterocycles. The lowest BCUT2D eigenvalue weighted by atomic mass is 9.94. The monoisotopic (exact) mass is 547 g/mol. The zero-order valence-corrected chi connectivity index (χ0v) is 21.7. The van der Waals surface area contributed by atoms with Gasteiger partial charge in [-0.3, -0.25) is 14.5 Å². The summed E-state index contributed by atoms with van der Waals surface area (Å²) in [6, 6.07) is 15.7. The number of furan rings is 1.